The molecule has 1 fully saturated rings. The number of halogens is 1. The number of ether oxygens (including phenoxy) is 1. The first kappa shape index (κ1) is 30.1. The van der Waals surface area contributed by atoms with Crippen LogP contribution in [-0.2, 0) is 15.6 Å². The number of hydrogen-bond acceptors (Lipinski definition) is 5. The molecule has 38 heavy (non-hydrogen) atoms. The van der Waals surface area contributed by atoms with Crippen LogP contribution < -0.4 is 0 Å². The fourth-order valence-corrected chi connectivity index (χ4v) is 5.88. The number of aromatic carboxylic acids is 1. The van der Waals surface area contributed by atoms with Crippen LogP contribution in [0, 0.1) is 0 Å². The van der Waals surface area contributed by atoms with Crippen LogP contribution in [0.4, 0.5) is 4.79 Å². The van der Waals surface area contributed by atoms with Gasteiger partial charge in [-0.3, -0.25) is 4.90 Å². The van der Waals surface area contributed by atoms with E-state index in [-0.39, 0.29) is 28.8 Å². The van der Waals surface area contributed by atoms with Gasteiger partial charge >= 0.3 is 12.1 Å². The zero-order valence-corrected chi connectivity index (χ0v) is 25.5. The third-order valence-corrected chi connectivity index (χ3v) is 12.2. The van der Waals surface area contributed by atoms with E-state index in [0.717, 1.165) is 24.0 Å². The largest absolute Gasteiger partial charge is 0.478 e. The van der Waals surface area contributed by atoms with Gasteiger partial charge in [-0.25, -0.2) is 14.6 Å². The van der Waals surface area contributed by atoms with E-state index in [4.69, 9.17) is 20.8 Å². The van der Waals surface area contributed by atoms with Crippen LogP contribution in [0.2, 0.25) is 23.3 Å². The van der Waals surface area contributed by atoms with Gasteiger partial charge in [-0.2, -0.15) is 0 Å². The molecule has 1 aliphatic rings. The molecule has 0 radical (unpaired) electrons. The van der Waals surface area contributed by atoms with Crippen molar-refractivity contribution in [2.24, 2.45) is 0 Å². The molecule has 2 heterocycles. The van der Waals surface area contributed by atoms with Crippen LogP contribution in [0.25, 0.3) is 0 Å². The molecule has 3 rings (SSSR count). The molecule has 9 heteroatoms. The minimum atomic E-state index is -2.25. The fraction of sp³-hybridized carbons (Fsp3) is 0.552. The van der Waals surface area contributed by atoms with Crippen LogP contribution >= 0.6 is 11.6 Å². The van der Waals surface area contributed by atoms with Crippen molar-refractivity contribution in [2.45, 2.75) is 103 Å². The van der Waals surface area contributed by atoms with Gasteiger partial charge in [0.1, 0.15) is 10.8 Å². The maximum absolute atomic E-state index is 13.7. The lowest BCUT2D eigenvalue weighted by Gasteiger charge is -2.43. The summed E-state index contributed by atoms with van der Waals surface area (Å²) >= 11 is 6.11. The first-order valence-electron chi connectivity index (χ1n) is 13.1. The molecule has 1 N–H and O–H groups in total. The van der Waals surface area contributed by atoms with Gasteiger partial charge in [-0.15, -0.1) is 0 Å². The molecule has 208 valence electrons. The summed E-state index contributed by atoms with van der Waals surface area (Å²) < 4.78 is 12.9. The lowest BCUT2D eigenvalue weighted by molar-refractivity contribution is -0.00244. The van der Waals surface area contributed by atoms with Crippen molar-refractivity contribution in [3.8, 4) is 0 Å². The first-order valence-corrected chi connectivity index (χ1v) is 16.4. The van der Waals surface area contributed by atoms with E-state index in [1.807, 2.05) is 43.9 Å². The summed E-state index contributed by atoms with van der Waals surface area (Å²) in [6.45, 7) is 16.6. The number of aromatic nitrogens is 1. The number of amides is 1. The first-order chi connectivity index (χ1) is 17.5. The number of carbonyl (C=O) groups is 2. The van der Waals surface area contributed by atoms with Crippen molar-refractivity contribution in [1.29, 1.82) is 0 Å². The Balaban J connectivity index is 2.01. The molecule has 1 saturated heterocycles. The van der Waals surface area contributed by atoms with Crippen LogP contribution in [0.5, 0.6) is 0 Å². The molecule has 7 nitrogen and oxygen atoms in total. The molecule has 0 unspecified atom stereocenters. The van der Waals surface area contributed by atoms with E-state index in [0.29, 0.717) is 11.6 Å². The smallest absolute Gasteiger partial charge is 0.410 e. The van der Waals surface area contributed by atoms with Gasteiger partial charge in [0.15, 0.2) is 8.32 Å². The van der Waals surface area contributed by atoms with E-state index in [1.165, 1.54) is 0 Å². The number of likely N-dealkylation sites (tertiary alicyclic amines) is 1. The highest BCUT2D eigenvalue weighted by molar-refractivity contribution is 6.74. The van der Waals surface area contributed by atoms with Gasteiger partial charge in [0.2, 0.25) is 0 Å². The second kappa shape index (κ2) is 11.4. The number of carbonyl (C=O) groups excluding carboxylic acids is 1. The van der Waals surface area contributed by atoms with Crippen molar-refractivity contribution in [1.82, 2.24) is 9.88 Å². The van der Waals surface area contributed by atoms with Gasteiger partial charge in [-0.05, 0) is 81.9 Å². The topological polar surface area (TPSA) is 89.0 Å². The standard InChI is InChI=1S/C29H41ClN2O5Si/c1-28(2,3)36-27(35)32-22(17-19-9-11-20(12-10-19)26(33)34)14-15-23(32)25(21-13-16-24(30)31-18-21)37-38(7,8)29(4,5)6/h9-13,16,18,22-23,25H,14-15,17H2,1-8H3,(H,33,34)/t22-,23+,25-/m1/s1. The van der Waals surface area contributed by atoms with E-state index in [9.17, 15) is 14.7 Å². The molecule has 3 atom stereocenters. The van der Waals surface area contributed by atoms with Crippen molar-refractivity contribution >= 4 is 32.0 Å². The highest BCUT2D eigenvalue weighted by atomic mass is 35.5. The molecule has 1 aromatic heterocycles. The number of nitrogens with zero attached hydrogens (tertiary/aromatic N) is 2. The Morgan fingerprint density at radius 1 is 1.08 bits per heavy atom. The van der Waals surface area contributed by atoms with E-state index in [1.54, 1.807) is 24.4 Å². The third-order valence-electron chi connectivity index (χ3n) is 7.48. The molecule has 1 aliphatic heterocycles. The quantitative estimate of drug-likeness (QED) is 0.278. The molecule has 2 aromatic rings. The molecule has 1 amide bonds. The summed E-state index contributed by atoms with van der Waals surface area (Å²) in [5.74, 6) is -0.963. The van der Waals surface area contributed by atoms with Crippen molar-refractivity contribution in [3.63, 3.8) is 0 Å². The maximum atomic E-state index is 13.7. The van der Waals surface area contributed by atoms with E-state index >= 15 is 0 Å². The predicted octanol–water partition coefficient (Wildman–Crippen LogP) is 7.51. The van der Waals surface area contributed by atoms with Crippen molar-refractivity contribution in [3.05, 3.63) is 64.4 Å². The Bertz CT molecular complexity index is 1120. The molecule has 1 aromatic carbocycles. The molecule has 0 aliphatic carbocycles. The summed E-state index contributed by atoms with van der Waals surface area (Å²) in [6.07, 6.45) is 3.06. The average molecular weight is 561 g/mol. The molecular weight excluding hydrogens is 520 g/mol. The highest BCUT2D eigenvalue weighted by Crippen LogP contribution is 2.44. The minimum Gasteiger partial charge on any atom is -0.478 e. The SMILES string of the molecule is CC(C)(C)OC(=O)N1[C@@H](Cc2ccc(C(=O)O)cc2)CC[C@H]1[C@H](O[Si](C)(C)C(C)(C)C)c1ccc(Cl)nc1. The highest BCUT2D eigenvalue weighted by Gasteiger charge is 2.47. The van der Waals surface area contributed by atoms with Crippen LogP contribution in [0.3, 0.4) is 0 Å². The normalized spacial score (nSPS) is 19.3. The summed E-state index contributed by atoms with van der Waals surface area (Å²) in [7, 11) is -2.25. The van der Waals surface area contributed by atoms with Crippen LogP contribution in [0.1, 0.15) is 82.0 Å². The molecule has 0 spiro atoms. The number of carboxylic acids is 1. The summed E-state index contributed by atoms with van der Waals surface area (Å²) in [6, 6.07) is 10.1. The second-order valence-electron chi connectivity index (χ2n) is 12.6. The van der Waals surface area contributed by atoms with Gasteiger partial charge < -0.3 is 14.3 Å². The predicted molar refractivity (Wildman–Crippen MR) is 152 cm³/mol. The van der Waals surface area contributed by atoms with Crippen LogP contribution in [-0.4, -0.2) is 53.1 Å². The zero-order chi connectivity index (χ0) is 28.5. The minimum absolute atomic E-state index is 0.0360. The van der Waals surface area contributed by atoms with Crippen LogP contribution in [0.15, 0.2) is 42.6 Å². The molecule has 0 bridgehead atoms. The summed E-state index contributed by atoms with van der Waals surface area (Å²) in [5, 5.41) is 9.63. The lowest BCUT2D eigenvalue weighted by atomic mass is 10.0. The number of rotatable bonds is 7. The fourth-order valence-electron chi connectivity index (χ4n) is 4.48. The van der Waals surface area contributed by atoms with Gasteiger partial charge in [-0.1, -0.05) is 50.6 Å². The van der Waals surface area contributed by atoms with E-state index < -0.39 is 26.0 Å². The number of pyridine rings is 1. The van der Waals surface area contributed by atoms with E-state index in [2.05, 4.69) is 38.8 Å². The van der Waals surface area contributed by atoms with Crippen molar-refractivity contribution < 1.29 is 23.9 Å². The lowest BCUT2D eigenvalue weighted by Crippen LogP contribution is -2.50. The Morgan fingerprint density at radius 2 is 1.71 bits per heavy atom. The number of hydrogen-bond donors (Lipinski definition) is 1. The Hall–Kier alpha value is -2.42. The van der Waals surface area contributed by atoms with Gasteiger partial charge in [0, 0.05) is 17.8 Å². The average Bonchev–Trinajstić information content (AvgIpc) is 3.20. The maximum Gasteiger partial charge on any atom is 0.410 e. The Labute approximate surface area is 232 Å². The summed E-state index contributed by atoms with van der Waals surface area (Å²) in [4.78, 5) is 31.2. The monoisotopic (exact) mass is 560 g/mol. The van der Waals surface area contributed by atoms with Gasteiger partial charge in [0.05, 0.1) is 17.7 Å². The molecular formula is C29H41ClN2O5Si. The second-order valence-corrected chi connectivity index (χ2v) is 17.7. The van der Waals surface area contributed by atoms with Gasteiger partial charge in [0.25, 0.3) is 0 Å². The number of carboxylic acid groups (broad SMARTS) is 1. The Morgan fingerprint density at radius 3 is 2.21 bits per heavy atom. The summed E-state index contributed by atoms with van der Waals surface area (Å²) in [5.41, 5.74) is 1.42. The van der Waals surface area contributed by atoms with Crippen molar-refractivity contribution in [2.75, 3.05) is 0 Å². The third kappa shape index (κ3) is 7.36. The number of benzene rings is 1. The Kier molecular flexibility index (Phi) is 9.01. The zero-order valence-electron chi connectivity index (χ0n) is 23.7. The molecule has 0 saturated carbocycles.